The van der Waals surface area contributed by atoms with Crippen molar-refractivity contribution in [1.82, 2.24) is 14.9 Å². The lowest BCUT2D eigenvalue weighted by molar-refractivity contribution is -0.121. The van der Waals surface area contributed by atoms with Crippen molar-refractivity contribution in [3.63, 3.8) is 0 Å². The highest BCUT2D eigenvalue weighted by Crippen LogP contribution is 2.21. The SMILES string of the molecule is O=C(CCc1ccc(S(=O)(=O)N2CCCC2)cc1)NCC1CCCNC1. The molecule has 26 heavy (non-hydrogen) atoms. The molecule has 1 atom stereocenters. The highest BCUT2D eigenvalue weighted by atomic mass is 32.2. The Labute approximate surface area is 156 Å². The predicted octanol–water partition coefficient (Wildman–Crippen LogP) is 1.52. The van der Waals surface area contributed by atoms with Crippen molar-refractivity contribution in [2.45, 2.75) is 43.4 Å². The Kier molecular flexibility index (Phi) is 6.67. The lowest BCUT2D eigenvalue weighted by Gasteiger charge is -2.22. The van der Waals surface area contributed by atoms with Gasteiger partial charge < -0.3 is 10.6 Å². The van der Waals surface area contributed by atoms with Gasteiger partial charge in [0.15, 0.2) is 0 Å². The number of carbonyl (C=O) groups is 1. The molecule has 2 heterocycles. The van der Waals surface area contributed by atoms with Gasteiger partial charge in [-0.3, -0.25) is 4.79 Å². The summed E-state index contributed by atoms with van der Waals surface area (Å²) in [6.07, 6.45) is 5.26. The Morgan fingerprint density at radius 2 is 1.88 bits per heavy atom. The molecule has 1 unspecified atom stereocenters. The Bertz CT molecular complexity index is 691. The second-order valence-electron chi connectivity index (χ2n) is 7.27. The van der Waals surface area contributed by atoms with E-state index in [4.69, 9.17) is 0 Å². The Hall–Kier alpha value is -1.44. The number of piperidine rings is 1. The standard InChI is InChI=1S/C19H29N3O3S/c23-19(21-15-17-4-3-11-20-14-17)10-7-16-5-8-18(9-6-16)26(24,25)22-12-1-2-13-22/h5-6,8-9,17,20H,1-4,7,10-15H2,(H,21,23). The highest BCUT2D eigenvalue weighted by molar-refractivity contribution is 7.89. The molecular weight excluding hydrogens is 350 g/mol. The summed E-state index contributed by atoms with van der Waals surface area (Å²) < 4.78 is 26.6. The van der Waals surface area contributed by atoms with Crippen LogP contribution in [-0.4, -0.2) is 51.4 Å². The molecule has 0 radical (unpaired) electrons. The lowest BCUT2D eigenvalue weighted by Crippen LogP contribution is -2.38. The number of nitrogens with zero attached hydrogens (tertiary/aromatic N) is 1. The molecule has 3 rings (SSSR count). The minimum Gasteiger partial charge on any atom is -0.356 e. The summed E-state index contributed by atoms with van der Waals surface area (Å²) in [5, 5.41) is 6.36. The molecular formula is C19H29N3O3S. The summed E-state index contributed by atoms with van der Waals surface area (Å²) >= 11 is 0. The number of aryl methyl sites for hydroxylation is 1. The molecule has 0 bridgehead atoms. The molecule has 0 saturated carbocycles. The minimum atomic E-state index is -3.36. The fraction of sp³-hybridized carbons (Fsp3) is 0.632. The van der Waals surface area contributed by atoms with Gasteiger partial charge in [-0.25, -0.2) is 8.42 Å². The third-order valence-electron chi connectivity index (χ3n) is 5.25. The summed E-state index contributed by atoms with van der Waals surface area (Å²) in [7, 11) is -3.36. The summed E-state index contributed by atoms with van der Waals surface area (Å²) in [5.74, 6) is 0.590. The number of amides is 1. The van der Waals surface area contributed by atoms with Gasteiger partial charge in [-0.05, 0) is 68.8 Å². The lowest BCUT2D eigenvalue weighted by atomic mass is 10.00. The Balaban J connectivity index is 1.45. The van der Waals surface area contributed by atoms with E-state index in [0.717, 1.165) is 38.0 Å². The second-order valence-corrected chi connectivity index (χ2v) is 9.21. The molecule has 6 nitrogen and oxygen atoms in total. The molecule has 2 N–H and O–H groups in total. The van der Waals surface area contributed by atoms with Crippen molar-refractivity contribution in [1.29, 1.82) is 0 Å². The normalized spacial score (nSPS) is 21.6. The van der Waals surface area contributed by atoms with Gasteiger partial charge in [-0.1, -0.05) is 12.1 Å². The van der Waals surface area contributed by atoms with Gasteiger partial charge in [-0.2, -0.15) is 4.31 Å². The maximum atomic E-state index is 12.5. The molecule has 144 valence electrons. The van der Waals surface area contributed by atoms with Gasteiger partial charge in [0, 0.05) is 26.1 Å². The van der Waals surface area contributed by atoms with Crippen molar-refractivity contribution in [3.05, 3.63) is 29.8 Å². The van der Waals surface area contributed by atoms with E-state index >= 15 is 0 Å². The zero-order chi connectivity index (χ0) is 18.4. The first-order valence-electron chi connectivity index (χ1n) is 9.62. The molecule has 0 spiro atoms. The van der Waals surface area contributed by atoms with E-state index in [-0.39, 0.29) is 5.91 Å². The fourth-order valence-corrected chi connectivity index (χ4v) is 5.13. The van der Waals surface area contributed by atoms with Crippen LogP contribution in [0, 0.1) is 5.92 Å². The van der Waals surface area contributed by atoms with Crippen LogP contribution in [0.5, 0.6) is 0 Å². The largest absolute Gasteiger partial charge is 0.356 e. The first kappa shape index (κ1) is 19.3. The maximum absolute atomic E-state index is 12.5. The summed E-state index contributed by atoms with van der Waals surface area (Å²) in [4.78, 5) is 12.4. The molecule has 2 aliphatic heterocycles. The molecule has 2 fully saturated rings. The van der Waals surface area contributed by atoms with Crippen LogP contribution in [0.3, 0.4) is 0 Å². The summed E-state index contributed by atoms with van der Waals surface area (Å²) in [5.41, 5.74) is 0.986. The van der Waals surface area contributed by atoms with E-state index in [1.54, 1.807) is 16.4 Å². The second kappa shape index (κ2) is 8.97. The van der Waals surface area contributed by atoms with Crippen LogP contribution >= 0.6 is 0 Å². The molecule has 7 heteroatoms. The molecule has 0 aromatic heterocycles. The number of carbonyl (C=O) groups excluding carboxylic acids is 1. The van der Waals surface area contributed by atoms with Crippen LogP contribution in [0.15, 0.2) is 29.2 Å². The maximum Gasteiger partial charge on any atom is 0.243 e. The molecule has 1 amide bonds. The van der Waals surface area contributed by atoms with E-state index in [2.05, 4.69) is 10.6 Å². The zero-order valence-corrected chi connectivity index (χ0v) is 16.1. The monoisotopic (exact) mass is 379 g/mol. The van der Waals surface area contributed by atoms with E-state index in [0.29, 0.717) is 36.7 Å². The van der Waals surface area contributed by atoms with Gasteiger partial charge in [0.25, 0.3) is 0 Å². The number of hydrogen-bond donors (Lipinski definition) is 2. The number of nitrogens with one attached hydrogen (secondary N) is 2. The van der Waals surface area contributed by atoms with Crippen molar-refractivity contribution < 1.29 is 13.2 Å². The minimum absolute atomic E-state index is 0.0596. The van der Waals surface area contributed by atoms with Crippen LogP contribution < -0.4 is 10.6 Å². The van der Waals surface area contributed by atoms with Crippen LogP contribution in [-0.2, 0) is 21.2 Å². The molecule has 2 aliphatic rings. The van der Waals surface area contributed by atoms with E-state index in [1.165, 1.54) is 12.8 Å². The first-order valence-corrected chi connectivity index (χ1v) is 11.1. The van der Waals surface area contributed by atoms with Gasteiger partial charge in [0.1, 0.15) is 0 Å². The van der Waals surface area contributed by atoms with Crippen molar-refractivity contribution in [3.8, 4) is 0 Å². The Morgan fingerprint density at radius 3 is 2.54 bits per heavy atom. The van der Waals surface area contributed by atoms with Crippen LogP contribution in [0.25, 0.3) is 0 Å². The first-order chi connectivity index (χ1) is 12.6. The molecule has 1 aromatic rings. The van der Waals surface area contributed by atoms with Gasteiger partial charge in [-0.15, -0.1) is 0 Å². The molecule has 0 aliphatic carbocycles. The Morgan fingerprint density at radius 1 is 1.15 bits per heavy atom. The fourth-order valence-electron chi connectivity index (χ4n) is 3.61. The topological polar surface area (TPSA) is 78.5 Å². The molecule has 2 saturated heterocycles. The number of hydrogen-bond acceptors (Lipinski definition) is 4. The third kappa shape index (κ3) is 5.05. The average Bonchev–Trinajstić information content (AvgIpc) is 3.21. The van der Waals surface area contributed by atoms with Crippen molar-refractivity contribution in [2.24, 2.45) is 5.92 Å². The van der Waals surface area contributed by atoms with Crippen LogP contribution in [0.2, 0.25) is 0 Å². The summed E-state index contributed by atoms with van der Waals surface area (Å²) in [6, 6.07) is 6.96. The van der Waals surface area contributed by atoms with E-state index in [1.807, 2.05) is 12.1 Å². The number of sulfonamides is 1. The quantitative estimate of drug-likeness (QED) is 0.753. The van der Waals surface area contributed by atoms with E-state index < -0.39 is 10.0 Å². The molecule has 1 aromatic carbocycles. The van der Waals surface area contributed by atoms with Gasteiger partial charge >= 0.3 is 0 Å². The van der Waals surface area contributed by atoms with Crippen LogP contribution in [0.1, 0.15) is 37.7 Å². The van der Waals surface area contributed by atoms with E-state index in [9.17, 15) is 13.2 Å². The van der Waals surface area contributed by atoms with Crippen LogP contribution in [0.4, 0.5) is 0 Å². The smallest absolute Gasteiger partial charge is 0.243 e. The predicted molar refractivity (Wildman–Crippen MR) is 101 cm³/mol. The zero-order valence-electron chi connectivity index (χ0n) is 15.2. The highest BCUT2D eigenvalue weighted by Gasteiger charge is 2.26. The summed E-state index contributed by atoms with van der Waals surface area (Å²) in [6.45, 7) is 4.02. The van der Waals surface area contributed by atoms with Gasteiger partial charge in [0.05, 0.1) is 4.90 Å². The van der Waals surface area contributed by atoms with Crippen molar-refractivity contribution in [2.75, 3.05) is 32.7 Å². The van der Waals surface area contributed by atoms with Crippen molar-refractivity contribution >= 4 is 15.9 Å². The number of rotatable bonds is 7. The third-order valence-corrected chi connectivity index (χ3v) is 7.17. The number of benzene rings is 1. The van der Waals surface area contributed by atoms with Gasteiger partial charge in [0.2, 0.25) is 15.9 Å². The average molecular weight is 380 g/mol.